The van der Waals surface area contributed by atoms with Gasteiger partial charge in [0.2, 0.25) is 0 Å². The molecule has 1 fully saturated rings. The number of allylic oxidation sites excluding steroid dienone is 1. The van der Waals surface area contributed by atoms with Crippen molar-refractivity contribution in [2.24, 2.45) is 5.92 Å². The van der Waals surface area contributed by atoms with Gasteiger partial charge in [0.05, 0.1) is 11.6 Å². The number of hydrogen-bond acceptors (Lipinski definition) is 1. The van der Waals surface area contributed by atoms with E-state index in [4.69, 9.17) is 5.26 Å². The molecule has 1 saturated carbocycles. The zero-order valence-corrected chi connectivity index (χ0v) is 12.9. The van der Waals surface area contributed by atoms with Crippen molar-refractivity contribution < 1.29 is 8.78 Å². The third kappa shape index (κ3) is 5.26. The van der Waals surface area contributed by atoms with Crippen LogP contribution in [0.25, 0.3) is 0 Å². The highest BCUT2D eigenvalue weighted by Gasteiger charge is 2.21. The molecule has 1 aromatic carbocycles. The Labute approximate surface area is 131 Å². The van der Waals surface area contributed by atoms with Crippen LogP contribution in [0.2, 0.25) is 0 Å². The molecule has 0 unspecified atom stereocenters. The first-order valence-electron chi connectivity index (χ1n) is 8.20. The summed E-state index contributed by atoms with van der Waals surface area (Å²) in [5.41, 5.74) is 2.07. The third-order valence-electron chi connectivity index (χ3n) is 4.72. The molecule has 0 amide bonds. The van der Waals surface area contributed by atoms with Crippen LogP contribution in [0.1, 0.15) is 68.4 Å². The highest BCUT2D eigenvalue weighted by molar-refractivity contribution is 5.33. The first-order chi connectivity index (χ1) is 10.7. The lowest BCUT2D eigenvalue weighted by atomic mass is 9.77. The average molecular weight is 303 g/mol. The van der Waals surface area contributed by atoms with Crippen LogP contribution in [-0.2, 0) is 0 Å². The molecular formula is C19H23F2N. The van der Waals surface area contributed by atoms with E-state index in [1.165, 1.54) is 37.7 Å². The van der Waals surface area contributed by atoms with E-state index < -0.39 is 6.08 Å². The Morgan fingerprint density at radius 3 is 2.36 bits per heavy atom. The van der Waals surface area contributed by atoms with Gasteiger partial charge in [-0.05, 0) is 74.1 Å². The minimum Gasteiger partial charge on any atom is -0.192 e. The van der Waals surface area contributed by atoms with Crippen LogP contribution < -0.4 is 0 Å². The van der Waals surface area contributed by atoms with Crippen molar-refractivity contribution >= 4 is 0 Å². The molecule has 0 atom stereocenters. The molecule has 1 aliphatic carbocycles. The van der Waals surface area contributed by atoms with Crippen molar-refractivity contribution in [1.29, 1.82) is 5.26 Å². The van der Waals surface area contributed by atoms with Crippen molar-refractivity contribution in [2.75, 3.05) is 0 Å². The van der Waals surface area contributed by atoms with E-state index in [-0.39, 0.29) is 0 Å². The van der Waals surface area contributed by atoms with Crippen molar-refractivity contribution in [3.05, 3.63) is 47.5 Å². The molecule has 0 saturated heterocycles. The second kappa shape index (κ2) is 8.68. The van der Waals surface area contributed by atoms with Crippen molar-refractivity contribution in [2.45, 2.75) is 57.3 Å². The number of unbranched alkanes of at least 4 members (excludes halogenated alkanes) is 2. The first kappa shape index (κ1) is 16.7. The van der Waals surface area contributed by atoms with Gasteiger partial charge in [0.1, 0.15) is 0 Å². The van der Waals surface area contributed by atoms with Gasteiger partial charge in [0.15, 0.2) is 0 Å². The molecular weight excluding hydrogens is 280 g/mol. The van der Waals surface area contributed by atoms with Crippen LogP contribution in [0.3, 0.4) is 0 Å². The number of nitriles is 1. The van der Waals surface area contributed by atoms with Gasteiger partial charge in [-0.1, -0.05) is 25.0 Å². The van der Waals surface area contributed by atoms with Crippen LogP contribution in [0.4, 0.5) is 8.78 Å². The molecule has 3 heteroatoms. The monoisotopic (exact) mass is 303 g/mol. The zero-order valence-electron chi connectivity index (χ0n) is 12.9. The van der Waals surface area contributed by atoms with Crippen LogP contribution in [0.15, 0.2) is 36.4 Å². The fourth-order valence-electron chi connectivity index (χ4n) is 3.40. The Hall–Kier alpha value is -1.69. The van der Waals surface area contributed by atoms with Crippen LogP contribution in [0.5, 0.6) is 0 Å². The molecule has 0 bridgehead atoms. The highest BCUT2D eigenvalue weighted by Crippen LogP contribution is 2.37. The summed E-state index contributed by atoms with van der Waals surface area (Å²) in [5.74, 6) is 1.38. The van der Waals surface area contributed by atoms with Gasteiger partial charge in [-0.2, -0.15) is 14.0 Å². The van der Waals surface area contributed by atoms with E-state index in [1.807, 2.05) is 12.1 Å². The van der Waals surface area contributed by atoms with Gasteiger partial charge in [-0.3, -0.25) is 0 Å². The number of benzene rings is 1. The van der Waals surface area contributed by atoms with Gasteiger partial charge in [-0.15, -0.1) is 0 Å². The molecule has 1 nitrogen and oxygen atoms in total. The summed E-state index contributed by atoms with van der Waals surface area (Å²) in [4.78, 5) is 0. The smallest absolute Gasteiger partial charge is 0.192 e. The Kier molecular flexibility index (Phi) is 6.58. The summed E-state index contributed by atoms with van der Waals surface area (Å²) in [6.07, 6.45) is 7.94. The maximum Gasteiger partial charge on any atom is 0.266 e. The standard InChI is InChI=1S/C19H23F2N/c20-19(21)5-3-1-2-4-15-6-10-17(11-7-15)18-12-8-16(14-22)9-13-18/h5,8-9,12-13,15,17H,1-4,6-7,10-11H2. The van der Waals surface area contributed by atoms with E-state index in [1.54, 1.807) is 0 Å². The van der Waals surface area contributed by atoms with Crippen molar-refractivity contribution in [1.82, 2.24) is 0 Å². The first-order valence-corrected chi connectivity index (χ1v) is 8.20. The van der Waals surface area contributed by atoms with Crippen LogP contribution in [-0.4, -0.2) is 0 Å². The van der Waals surface area contributed by atoms with Gasteiger partial charge in [-0.25, -0.2) is 0 Å². The van der Waals surface area contributed by atoms with Gasteiger partial charge >= 0.3 is 0 Å². The number of hydrogen-bond donors (Lipinski definition) is 0. The summed E-state index contributed by atoms with van der Waals surface area (Å²) >= 11 is 0. The van der Waals surface area contributed by atoms with E-state index >= 15 is 0 Å². The Morgan fingerprint density at radius 1 is 1.09 bits per heavy atom. The van der Waals surface area contributed by atoms with Crippen LogP contribution in [0, 0.1) is 17.2 Å². The summed E-state index contributed by atoms with van der Waals surface area (Å²) < 4.78 is 23.8. The molecule has 2 rings (SSSR count). The van der Waals surface area contributed by atoms with Gasteiger partial charge < -0.3 is 0 Å². The Balaban J connectivity index is 1.69. The van der Waals surface area contributed by atoms with Gasteiger partial charge in [0, 0.05) is 0 Å². The predicted octanol–water partition coefficient (Wildman–Crippen LogP) is 6.17. The second-order valence-corrected chi connectivity index (χ2v) is 6.23. The molecule has 0 radical (unpaired) electrons. The van der Waals surface area contributed by atoms with Gasteiger partial charge in [0.25, 0.3) is 6.08 Å². The molecule has 1 aromatic rings. The fraction of sp³-hybridized carbons (Fsp3) is 0.526. The molecule has 0 N–H and O–H groups in total. The van der Waals surface area contributed by atoms with Crippen LogP contribution >= 0.6 is 0 Å². The molecule has 22 heavy (non-hydrogen) atoms. The average Bonchev–Trinajstić information content (AvgIpc) is 2.55. The topological polar surface area (TPSA) is 23.8 Å². The summed E-state index contributed by atoms with van der Waals surface area (Å²) in [7, 11) is 0. The summed E-state index contributed by atoms with van der Waals surface area (Å²) in [6.45, 7) is 0. The molecule has 1 aliphatic rings. The minimum absolute atomic E-state index is 0.503. The highest BCUT2D eigenvalue weighted by atomic mass is 19.3. The lowest BCUT2D eigenvalue weighted by Gasteiger charge is -2.28. The largest absolute Gasteiger partial charge is 0.266 e. The van der Waals surface area contributed by atoms with E-state index in [0.717, 1.165) is 30.4 Å². The lowest BCUT2D eigenvalue weighted by Crippen LogP contribution is -2.13. The van der Waals surface area contributed by atoms with Crippen molar-refractivity contribution in [3.63, 3.8) is 0 Å². The van der Waals surface area contributed by atoms with E-state index in [0.29, 0.717) is 12.3 Å². The molecule has 0 spiro atoms. The number of nitrogens with zero attached hydrogens (tertiary/aromatic N) is 1. The SMILES string of the molecule is N#Cc1ccc(C2CCC(CCCCC=C(F)F)CC2)cc1. The quantitative estimate of drug-likeness (QED) is 0.576. The zero-order chi connectivity index (χ0) is 15.8. The summed E-state index contributed by atoms with van der Waals surface area (Å²) in [6, 6.07) is 10.1. The second-order valence-electron chi connectivity index (χ2n) is 6.23. The normalized spacial score (nSPS) is 21.1. The maximum absolute atomic E-state index is 11.9. The fourth-order valence-corrected chi connectivity index (χ4v) is 3.40. The number of rotatable bonds is 6. The van der Waals surface area contributed by atoms with Crippen molar-refractivity contribution in [3.8, 4) is 6.07 Å². The Bertz CT molecular complexity index is 515. The minimum atomic E-state index is -1.55. The lowest BCUT2D eigenvalue weighted by molar-refractivity contribution is 0.303. The molecule has 0 aromatic heterocycles. The summed E-state index contributed by atoms with van der Waals surface area (Å²) in [5, 5.41) is 8.83. The van der Waals surface area contributed by atoms with E-state index in [2.05, 4.69) is 18.2 Å². The molecule has 0 heterocycles. The third-order valence-corrected chi connectivity index (χ3v) is 4.72. The predicted molar refractivity (Wildman–Crippen MR) is 84.6 cm³/mol. The van der Waals surface area contributed by atoms with E-state index in [9.17, 15) is 8.78 Å². The maximum atomic E-state index is 11.9. The Morgan fingerprint density at radius 2 is 1.77 bits per heavy atom. The molecule has 118 valence electrons. The molecule has 0 aliphatic heterocycles. The number of halogens is 2.